The van der Waals surface area contributed by atoms with Crippen LogP contribution in [0.4, 0.5) is 0 Å². The zero-order valence-electron chi connectivity index (χ0n) is 9.95. The van der Waals surface area contributed by atoms with E-state index in [-0.39, 0.29) is 11.9 Å². The first-order chi connectivity index (χ1) is 7.00. The molecule has 1 aliphatic carbocycles. The van der Waals surface area contributed by atoms with E-state index in [1.165, 1.54) is 0 Å². The Labute approximate surface area is 91.8 Å². The predicted octanol–water partition coefficient (Wildman–Crippen LogP) is 2.00. The molecule has 0 spiro atoms. The largest absolute Gasteiger partial charge is 0.340 e. The van der Waals surface area contributed by atoms with Crippen molar-refractivity contribution in [3.63, 3.8) is 0 Å². The predicted molar refractivity (Wildman–Crippen MR) is 59.5 cm³/mol. The summed E-state index contributed by atoms with van der Waals surface area (Å²) in [6.07, 6.45) is 3.31. The SMILES string of the molecule is CC(=O)N(CC1CCC(=O)CC1)C(C)C. The van der Waals surface area contributed by atoms with Gasteiger partial charge in [-0.3, -0.25) is 9.59 Å². The lowest BCUT2D eigenvalue weighted by Crippen LogP contribution is -2.39. The number of nitrogens with zero attached hydrogens (tertiary/aromatic N) is 1. The fraction of sp³-hybridized carbons (Fsp3) is 0.833. The number of rotatable bonds is 3. The summed E-state index contributed by atoms with van der Waals surface area (Å²) < 4.78 is 0. The third-order valence-electron chi connectivity index (χ3n) is 3.15. The third kappa shape index (κ3) is 3.65. The maximum atomic E-state index is 11.4. The van der Waals surface area contributed by atoms with Crippen LogP contribution < -0.4 is 0 Å². The number of ketones is 1. The molecular formula is C12H21NO2. The van der Waals surface area contributed by atoms with Crippen LogP contribution in [0.25, 0.3) is 0 Å². The molecule has 0 N–H and O–H groups in total. The average molecular weight is 211 g/mol. The fourth-order valence-corrected chi connectivity index (χ4v) is 2.16. The van der Waals surface area contributed by atoms with E-state index < -0.39 is 0 Å². The number of amides is 1. The lowest BCUT2D eigenvalue weighted by Gasteiger charge is -2.31. The highest BCUT2D eigenvalue weighted by Gasteiger charge is 2.23. The van der Waals surface area contributed by atoms with E-state index in [1.807, 2.05) is 18.7 Å². The van der Waals surface area contributed by atoms with Gasteiger partial charge >= 0.3 is 0 Å². The van der Waals surface area contributed by atoms with Gasteiger partial charge in [-0.15, -0.1) is 0 Å². The second-order valence-corrected chi connectivity index (χ2v) is 4.75. The normalized spacial score (nSPS) is 18.3. The van der Waals surface area contributed by atoms with Crippen LogP contribution in [0, 0.1) is 5.92 Å². The van der Waals surface area contributed by atoms with Crippen molar-refractivity contribution in [2.24, 2.45) is 5.92 Å². The van der Waals surface area contributed by atoms with E-state index in [2.05, 4.69) is 0 Å². The molecule has 0 radical (unpaired) electrons. The van der Waals surface area contributed by atoms with E-state index in [1.54, 1.807) is 6.92 Å². The Kier molecular flexibility index (Phi) is 4.30. The van der Waals surface area contributed by atoms with Crippen LogP contribution in [0.1, 0.15) is 46.5 Å². The molecule has 0 atom stereocenters. The third-order valence-corrected chi connectivity index (χ3v) is 3.15. The molecule has 3 heteroatoms. The number of carbonyl (C=O) groups is 2. The van der Waals surface area contributed by atoms with E-state index >= 15 is 0 Å². The van der Waals surface area contributed by atoms with Gasteiger partial charge < -0.3 is 4.90 Å². The van der Waals surface area contributed by atoms with Crippen LogP contribution in [0.15, 0.2) is 0 Å². The van der Waals surface area contributed by atoms with Crippen molar-refractivity contribution in [1.82, 2.24) is 4.90 Å². The topological polar surface area (TPSA) is 37.4 Å². The molecule has 1 amide bonds. The van der Waals surface area contributed by atoms with Gasteiger partial charge in [-0.05, 0) is 32.6 Å². The first-order valence-electron chi connectivity index (χ1n) is 5.79. The van der Waals surface area contributed by atoms with Crippen molar-refractivity contribution in [1.29, 1.82) is 0 Å². The van der Waals surface area contributed by atoms with E-state index in [0.29, 0.717) is 24.5 Å². The van der Waals surface area contributed by atoms with E-state index in [9.17, 15) is 9.59 Å². The van der Waals surface area contributed by atoms with Crippen LogP contribution in [-0.2, 0) is 9.59 Å². The average Bonchev–Trinajstić information content (AvgIpc) is 2.15. The Bertz CT molecular complexity index is 238. The molecule has 1 rings (SSSR count). The van der Waals surface area contributed by atoms with Crippen molar-refractivity contribution >= 4 is 11.7 Å². The van der Waals surface area contributed by atoms with Crippen LogP contribution >= 0.6 is 0 Å². The Balaban J connectivity index is 2.45. The second-order valence-electron chi connectivity index (χ2n) is 4.75. The van der Waals surface area contributed by atoms with Gasteiger partial charge in [0.15, 0.2) is 0 Å². The molecular weight excluding hydrogens is 190 g/mol. The molecule has 1 aliphatic rings. The molecule has 15 heavy (non-hydrogen) atoms. The molecule has 0 bridgehead atoms. The number of hydrogen-bond acceptors (Lipinski definition) is 2. The van der Waals surface area contributed by atoms with Gasteiger partial charge in [-0.2, -0.15) is 0 Å². The molecule has 86 valence electrons. The van der Waals surface area contributed by atoms with Gasteiger partial charge in [-0.25, -0.2) is 0 Å². The van der Waals surface area contributed by atoms with Crippen LogP contribution in [0.5, 0.6) is 0 Å². The summed E-state index contributed by atoms with van der Waals surface area (Å²) in [7, 11) is 0. The monoisotopic (exact) mass is 211 g/mol. The van der Waals surface area contributed by atoms with Crippen LogP contribution in [0.3, 0.4) is 0 Å². The molecule has 0 unspecified atom stereocenters. The summed E-state index contributed by atoms with van der Waals surface area (Å²) in [5.74, 6) is 1.04. The van der Waals surface area contributed by atoms with Crippen molar-refractivity contribution in [3.05, 3.63) is 0 Å². The Morgan fingerprint density at radius 3 is 2.33 bits per heavy atom. The summed E-state index contributed by atoms with van der Waals surface area (Å²) in [6, 6.07) is 0.264. The summed E-state index contributed by atoms with van der Waals surface area (Å²) >= 11 is 0. The van der Waals surface area contributed by atoms with Gasteiger partial charge in [0, 0.05) is 32.4 Å². The quantitative estimate of drug-likeness (QED) is 0.716. The molecule has 1 fully saturated rings. The van der Waals surface area contributed by atoms with Gasteiger partial charge in [0.1, 0.15) is 5.78 Å². The Hall–Kier alpha value is -0.860. The highest BCUT2D eigenvalue weighted by molar-refractivity contribution is 5.79. The molecule has 0 aliphatic heterocycles. The van der Waals surface area contributed by atoms with Gasteiger partial charge in [0.05, 0.1) is 0 Å². The van der Waals surface area contributed by atoms with Crippen molar-refractivity contribution in [2.75, 3.05) is 6.54 Å². The van der Waals surface area contributed by atoms with E-state index in [4.69, 9.17) is 0 Å². The van der Waals surface area contributed by atoms with Crippen molar-refractivity contribution < 1.29 is 9.59 Å². The molecule has 0 heterocycles. The van der Waals surface area contributed by atoms with Crippen LogP contribution in [0.2, 0.25) is 0 Å². The minimum absolute atomic E-state index is 0.141. The van der Waals surface area contributed by atoms with Crippen LogP contribution in [-0.4, -0.2) is 29.2 Å². The van der Waals surface area contributed by atoms with Gasteiger partial charge in [0.25, 0.3) is 0 Å². The molecule has 1 saturated carbocycles. The summed E-state index contributed by atoms with van der Waals surface area (Å²) in [5, 5.41) is 0. The molecule has 3 nitrogen and oxygen atoms in total. The number of hydrogen-bond donors (Lipinski definition) is 0. The fourth-order valence-electron chi connectivity index (χ4n) is 2.16. The van der Waals surface area contributed by atoms with Gasteiger partial charge in [-0.1, -0.05) is 0 Å². The minimum atomic E-state index is 0.141. The lowest BCUT2D eigenvalue weighted by molar-refractivity contribution is -0.131. The van der Waals surface area contributed by atoms with Gasteiger partial charge in [0.2, 0.25) is 5.91 Å². The minimum Gasteiger partial charge on any atom is -0.340 e. The molecule has 0 saturated heterocycles. The Morgan fingerprint density at radius 1 is 1.40 bits per heavy atom. The lowest BCUT2D eigenvalue weighted by atomic mass is 9.88. The summed E-state index contributed by atoms with van der Waals surface area (Å²) in [5.41, 5.74) is 0. The smallest absolute Gasteiger partial charge is 0.219 e. The highest BCUT2D eigenvalue weighted by Crippen LogP contribution is 2.23. The first kappa shape index (κ1) is 12.2. The summed E-state index contributed by atoms with van der Waals surface area (Å²) in [6.45, 7) is 6.51. The summed E-state index contributed by atoms with van der Waals surface area (Å²) in [4.78, 5) is 24.4. The number of Topliss-reactive ketones (excluding diaryl/α,β-unsaturated/α-hetero) is 1. The maximum absolute atomic E-state index is 11.4. The number of carbonyl (C=O) groups excluding carboxylic acids is 2. The van der Waals surface area contributed by atoms with Crippen molar-refractivity contribution in [2.45, 2.75) is 52.5 Å². The van der Waals surface area contributed by atoms with Crippen molar-refractivity contribution in [3.8, 4) is 0 Å². The highest BCUT2D eigenvalue weighted by atomic mass is 16.2. The first-order valence-corrected chi connectivity index (χ1v) is 5.79. The molecule has 0 aromatic carbocycles. The van der Waals surface area contributed by atoms with E-state index in [0.717, 1.165) is 19.4 Å². The molecule has 0 aromatic heterocycles. The second kappa shape index (κ2) is 5.29. The maximum Gasteiger partial charge on any atom is 0.219 e. The zero-order chi connectivity index (χ0) is 11.4. The zero-order valence-corrected chi connectivity index (χ0v) is 9.95. The molecule has 0 aromatic rings. The Morgan fingerprint density at radius 2 is 1.93 bits per heavy atom. The standard InChI is InChI=1S/C12H21NO2/c1-9(2)13(10(3)14)8-11-4-6-12(15)7-5-11/h9,11H,4-8H2,1-3H3.